The monoisotopic (exact) mass is 399 g/mol. The van der Waals surface area contributed by atoms with Crippen molar-refractivity contribution in [3.8, 4) is 28.6 Å². The number of fused-ring (bicyclic) bond motifs is 2. The SMILES string of the molecule is Oc1cc(-n2ccnc2)ccc1-c1cnc(O[C@@H]2C[C@@H]3N[C@@H](C[C@@H]3F)[C@H]2F)cn1. The molecule has 0 spiro atoms. The van der Waals surface area contributed by atoms with E-state index in [4.69, 9.17) is 4.74 Å². The molecule has 5 atom stereocenters. The van der Waals surface area contributed by atoms with Crippen molar-refractivity contribution in [2.24, 2.45) is 0 Å². The van der Waals surface area contributed by atoms with Gasteiger partial charge in [-0.25, -0.2) is 23.7 Å². The summed E-state index contributed by atoms with van der Waals surface area (Å²) >= 11 is 0. The van der Waals surface area contributed by atoms with Crippen LogP contribution in [-0.4, -0.2) is 55.2 Å². The van der Waals surface area contributed by atoms with Crippen LogP contribution in [0.4, 0.5) is 8.78 Å². The molecule has 5 rings (SSSR count). The topological polar surface area (TPSA) is 85.1 Å². The van der Waals surface area contributed by atoms with Crippen molar-refractivity contribution in [2.45, 2.75) is 43.4 Å². The number of hydrogen-bond donors (Lipinski definition) is 2. The second-order valence-corrected chi connectivity index (χ2v) is 7.38. The molecule has 150 valence electrons. The highest BCUT2D eigenvalue weighted by atomic mass is 19.1. The Kier molecular flexibility index (Phi) is 4.39. The van der Waals surface area contributed by atoms with Gasteiger partial charge in [0.25, 0.3) is 0 Å². The molecule has 2 bridgehead atoms. The zero-order valence-electron chi connectivity index (χ0n) is 15.3. The maximum Gasteiger partial charge on any atom is 0.232 e. The largest absolute Gasteiger partial charge is 0.507 e. The Morgan fingerprint density at radius 1 is 1.14 bits per heavy atom. The molecule has 29 heavy (non-hydrogen) atoms. The molecular weight excluding hydrogens is 380 g/mol. The molecular formula is C20H19F2N5O2. The van der Waals surface area contributed by atoms with Crippen LogP contribution in [0.2, 0.25) is 0 Å². The van der Waals surface area contributed by atoms with Crippen LogP contribution in [0.15, 0.2) is 49.3 Å². The molecule has 2 aliphatic rings. The lowest BCUT2D eigenvalue weighted by atomic mass is 10.0. The molecule has 0 aliphatic carbocycles. The number of nitrogens with one attached hydrogen (secondary N) is 1. The number of piperidine rings is 1. The summed E-state index contributed by atoms with van der Waals surface area (Å²) in [6.07, 6.45) is 5.23. The molecule has 2 aliphatic heterocycles. The fourth-order valence-corrected chi connectivity index (χ4v) is 4.02. The van der Waals surface area contributed by atoms with Crippen molar-refractivity contribution in [1.29, 1.82) is 0 Å². The lowest BCUT2D eigenvalue weighted by molar-refractivity contribution is 0.0404. The first kappa shape index (κ1) is 18.0. The molecule has 9 heteroatoms. The van der Waals surface area contributed by atoms with E-state index in [1.807, 2.05) is 6.07 Å². The van der Waals surface area contributed by atoms with Gasteiger partial charge in [0, 0.05) is 42.5 Å². The highest BCUT2D eigenvalue weighted by Gasteiger charge is 2.48. The number of halogens is 2. The Morgan fingerprint density at radius 2 is 2.03 bits per heavy atom. The maximum atomic E-state index is 14.5. The van der Waals surface area contributed by atoms with Gasteiger partial charge in [0.15, 0.2) is 6.17 Å². The van der Waals surface area contributed by atoms with Crippen LogP contribution in [0.1, 0.15) is 12.8 Å². The molecule has 0 amide bonds. The zero-order chi connectivity index (χ0) is 20.0. The standard InChI is InChI=1S/C20H19F2N5O2/c21-13-6-15-20(22)18(7-14(13)26-15)29-19-9-24-16(8-25-19)12-2-1-11(5-17(12)28)27-4-3-23-10-27/h1-5,8-10,13-15,18,20,26,28H,6-7H2/t13-,14-,15-,18+,20+/m0/s1. The lowest BCUT2D eigenvalue weighted by Crippen LogP contribution is -2.52. The van der Waals surface area contributed by atoms with E-state index < -0.39 is 24.5 Å². The van der Waals surface area contributed by atoms with Crippen molar-refractivity contribution in [1.82, 2.24) is 24.8 Å². The van der Waals surface area contributed by atoms with Crippen LogP contribution in [0.25, 0.3) is 16.9 Å². The maximum absolute atomic E-state index is 14.5. The van der Waals surface area contributed by atoms with Gasteiger partial charge in [-0.1, -0.05) is 0 Å². The first-order chi connectivity index (χ1) is 14.1. The summed E-state index contributed by atoms with van der Waals surface area (Å²) in [4.78, 5) is 12.5. The van der Waals surface area contributed by atoms with Crippen LogP contribution < -0.4 is 10.1 Å². The first-order valence-electron chi connectivity index (χ1n) is 9.43. The summed E-state index contributed by atoms with van der Waals surface area (Å²) in [7, 11) is 0. The number of aromatic hydroxyl groups is 1. The fourth-order valence-electron chi connectivity index (χ4n) is 4.02. The van der Waals surface area contributed by atoms with Gasteiger partial charge in [0.05, 0.1) is 30.1 Å². The van der Waals surface area contributed by atoms with Gasteiger partial charge in [0.1, 0.15) is 18.0 Å². The van der Waals surface area contributed by atoms with Crippen LogP contribution in [0.3, 0.4) is 0 Å². The average Bonchev–Trinajstić information content (AvgIpc) is 3.36. The Hall–Kier alpha value is -3.07. The number of alkyl halides is 2. The van der Waals surface area contributed by atoms with Gasteiger partial charge in [-0.2, -0.15) is 0 Å². The minimum Gasteiger partial charge on any atom is -0.507 e. The number of phenols is 1. The van der Waals surface area contributed by atoms with Crippen LogP contribution in [0.5, 0.6) is 11.6 Å². The number of phenolic OH excluding ortho intramolecular Hbond substituents is 1. The molecule has 2 fully saturated rings. The van der Waals surface area contributed by atoms with E-state index in [0.29, 0.717) is 11.3 Å². The molecule has 0 radical (unpaired) electrons. The average molecular weight is 399 g/mol. The molecule has 0 saturated carbocycles. The minimum absolute atomic E-state index is 0.0481. The number of imidazole rings is 1. The van der Waals surface area contributed by atoms with Crippen molar-refractivity contribution >= 4 is 0 Å². The van der Waals surface area contributed by atoms with Crippen LogP contribution in [-0.2, 0) is 0 Å². The Balaban J connectivity index is 1.32. The summed E-state index contributed by atoms with van der Waals surface area (Å²) in [5.74, 6) is 0.222. The van der Waals surface area contributed by atoms with Crippen molar-refractivity contribution in [3.63, 3.8) is 0 Å². The van der Waals surface area contributed by atoms with E-state index in [0.717, 1.165) is 5.69 Å². The molecule has 3 aromatic rings. The van der Waals surface area contributed by atoms with E-state index in [-0.39, 0.29) is 30.5 Å². The summed E-state index contributed by atoms with van der Waals surface area (Å²) < 4.78 is 35.8. The van der Waals surface area contributed by atoms with Crippen molar-refractivity contribution < 1.29 is 18.6 Å². The number of rotatable bonds is 4. The van der Waals surface area contributed by atoms with E-state index >= 15 is 0 Å². The van der Waals surface area contributed by atoms with E-state index in [2.05, 4.69) is 20.3 Å². The van der Waals surface area contributed by atoms with E-state index in [1.54, 1.807) is 35.4 Å². The number of ether oxygens (including phenoxy) is 1. The Labute approximate surface area is 165 Å². The second kappa shape index (κ2) is 7.07. The normalized spacial score (nSPS) is 28.4. The molecule has 1 aromatic carbocycles. The quantitative estimate of drug-likeness (QED) is 0.702. The third-order valence-electron chi connectivity index (χ3n) is 5.53. The van der Waals surface area contributed by atoms with Crippen LogP contribution in [0, 0.1) is 0 Å². The van der Waals surface area contributed by atoms with Crippen molar-refractivity contribution in [2.75, 3.05) is 0 Å². The molecule has 2 aromatic heterocycles. The minimum atomic E-state index is -1.30. The van der Waals surface area contributed by atoms with Crippen LogP contribution >= 0.6 is 0 Å². The fraction of sp³-hybridized carbons (Fsp3) is 0.350. The molecule has 0 unspecified atom stereocenters. The molecule has 7 nitrogen and oxygen atoms in total. The number of nitrogens with zero attached hydrogens (tertiary/aromatic N) is 4. The Morgan fingerprint density at radius 3 is 2.76 bits per heavy atom. The number of benzene rings is 1. The highest BCUT2D eigenvalue weighted by molar-refractivity contribution is 5.68. The zero-order valence-corrected chi connectivity index (χ0v) is 15.3. The lowest BCUT2D eigenvalue weighted by Gasteiger charge is -2.32. The predicted molar refractivity (Wildman–Crippen MR) is 100 cm³/mol. The van der Waals surface area contributed by atoms with Gasteiger partial charge in [0.2, 0.25) is 5.88 Å². The highest BCUT2D eigenvalue weighted by Crippen LogP contribution is 2.34. The van der Waals surface area contributed by atoms with Gasteiger partial charge < -0.3 is 19.7 Å². The smallest absolute Gasteiger partial charge is 0.232 e. The summed E-state index contributed by atoms with van der Waals surface area (Å²) in [6, 6.07) is 4.27. The summed E-state index contributed by atoms with van der Waals surface area (Å²) in [5.41, 5.74) is 1.73. The molecule has 4 heterocycles. The molecule has 2 N–H and O–H groups in total. The Bertz CT molecular complexity index is 997. The predicted octanol–water partition coefficient (Wildman–Crippen LogP) is 2.59. The third-order valence-corrected chi connectivity index (χ3v) is 5.53. The third kappa shape index (κ3) is 3.31. The summed E-state index contributed by atoms with van der Waals surface area (Å²) in [5, 5.41) is 13.3. The number of aromatic nitrogens is 4. The van der Waals surface area contributed by atoms with Gasteiger partial charge >= 0.3 is 0 Å². The van der Waals surface area contributed by atoms with Gasteiger partial charge in [-0.15, -0.1) is 0 Å². The second-order valence-electron chi connectivity index (χ2n) is 7.38. The molecule has 2 saturated heterocycles. The van der Waals surface area contributed by atoms with E-state index in [1.165, 1.54) is 12.4 Å². The van der Waals surface area contributed by atoms with E-state index in [9.17, 15) is 13.9 Å². The van der Waals surface area contributed by atoms with Gasteiger partial charge in [-0.05, 0) is 18.6 Å². The number of hydrogen-bond acceptors (Lipinski definition) is 6. The van der Waals surface area contributed by atoms with Crippen molar-refractivity contribution in [3.05, 3.63) is 49.3 Å². The summed E-state index contributed by atoms with van der Waals surface area (Å²) in [6.45, 7) is 0. The first-order valence-corrected chi connectivity index (χ1v) is 9.43. The van der Waals surface area contributed by atoms with Gasteiger partial charge in [-0.3, -0.25) is 0 Å².